The lowest BCUT2D eigenvalue weighted by atomic mass is 10.1. The number of amides is 1. The highest BCUT2D eigenvalue weighted by molar-refractivity contribution is 7.98. The van der Waals surface area contributed by atoms with E-state index in [1.807, 2.05) is 6.07 Å². The molecule has 0 spiro atoms. The van der Waals surface area contributed by atoms with Gasteiger partial charge in [-0.15, -0.1) is 11.8 Å². The van der Waals surface area contributed by atoms with Gasteiger partial charge in [0.1, 0.15) is 18.4 Å². The number of carboxylic acids is 1. The van der Waals surface area contributed by atoms with Crippen LogP contribution in [0.5, 0.6) is 5.75 Å². The Morgan fingerprint density at radius 1 is 1.05 bits per heavy atom. The number of carbonyl (C=O) groups is 2. The van der Waals surface area contributed by atoms with Crippen LogP contribution >= 0.6 is 11.8 Å². The van der Waals surface area contributed by atoms with Crippen molar-refractivity contribution in [3.05, 3.63) is 83.4 Å². The normalized spacial score (nSPS) is 17.1. The molecular formula is C28H27F2NO5S. The SMILES string of the molecule is COCC1CCC(C(=O)O)N1C(=O)c1cccc(COc2ccc(-c3cc(F)c(F)cc3SC)cc2)c1. The molecule has 0 saturated carbocycles. The number of ether oxygens (including phenoxy) is 2. The van der Waals surface area contributed by atoms with E-state index in [4.69, 9.17) is 9.47 Å². The summed E-state index contributed by atoms with van der Waals surface area (Å²) >= 11 is 1.33. The molecule has 3 aromatic rings. The molecule has 1 fully saturated rings. The smallest absolute Gasteiger partial charge is 0.326 e. The first kappa shape index (κ1) is 26.6. The number of likely N-dealkylation sites (tertiary alicyclic amines) is 1. The highest BCUT2D eigenvalue weighted by atomic mass is 32.2. The van der Waals surface area contributed by atoms with E-state index < -0.39 is 23.6 Å². The fourth-order valence-corrected chi connectivity index (χ4v) is 5.17. The monoisotopic (exact) mass is 527 g/mol. The third-order valence-electron chi connectivity index (χ3n) is 6.37. The van der Waals surface area contributed by atoms with E-state index in [0.717, 1.165) is 11.1 Å². The maximum Gasteiger partial charge on any atom is 0.326 e. The number of nitrogens with zero attached hydrogens (tertiary/aromatic N) is 1. The average Bonchev–Trinajstić information content (AvgIpc) is 3.33. The number of carboxylic acid groups (broad SMARTS) is 1. The van der Waals surface area contributed by atoms with Crippen molar-refractivity contribution in [2.45, 2.75) is 36.4 Å². The van der Waals surface area contributed by atoms with Crippen molar-refractivity contribution >= 4 is 23.6 Å². The van der Waals surface area contributed by atoms with Crippen LogP contribution in [0.15, 0.2) is 65.6 Å². The molecule has 1 amide bonds. The number of aliphatic carboxylic acids is 1. The zero-order valence-corrected chi connectivity index (χ0v) is 21.3. The number of thioether (sulfide) groups is 1. The number of hydrogen-bond donors (Lipinski definition) is 1. The molecule has 0 aromatic heterocycles. The Hall–Kier alpha value is -3.43. The van der Waals surface area contributed by atoms with Gasteiger partial charge >= 0.3 is 5.97 Å². The predicted octanol–water partition coefficient (Wildman–Crippen LogP) is 5.64. The molecule has 1 aliphatic rings. The molecule has 1 N–H and O–H groups in total. The highest BCUT2D eigenvalue weighted by Crippen LogP contribution is 2.33. The highest BCUT2D eigenvalue weighted by Gasteiger charge is 2.41. The van der Waals surface area contributed by atoms with Crippen molar-refractivity contribution < 1.29 is 33.0 Å². The Morgan fingerprint density at radius 2 is 1.78 bits per heavy atom. The molecule has 1 heterocycles. The Kier molecular flexibility index (Phi) is 8.45. The predicted molar refractivity (Wildman–Crippen MR) is 137 cm³/mol. The summed E-state index contributed by atoms with van der Waals surface area (Å²) < 4.78 is 38.5. The number of halogens is 2. The van der Waals surface area contributed by atoms with Crippen molar-refractivity contribution in [2.75, 3.05) is 20.0 Å². The summed E-state index contributed by atoms with van der Waals surface area (Å²) in [5.41, 5.74) is 2.45. The van der Waals surface area contributed by atoms with Gasteiger partial charge in [-0.05, 0) is 72.2 Å². The Morgan fingerprint density at radius 3 is 2.46 bits per heavy atom. The molecule has 1 aliphatic heterocycles. The van der Waals surface area contributed by atoms with Gasteiger partial charge in [0.2, 0.25) is 0 Å². The van der Waals surface area contributed by atoms with Crippen molar-refractivity contribution in [1.82, 2.24) is 4.90 Å². The summed E-state index contributed by atoms with van der Waals surface area (Å²) in [5, 5.41) is 9.59. The van der Waals surface area contributed by atoms with Crippen LogP contribution in [-0.2, 0) is 16.1 Å². The molecule has 9 heteroatoms. The quantitative estimate of drug-likeness (QED) is 0.363. The van der Waals surface area contributed by atoms with Crippen molar-refractivity contribution in [2.24, 2.45) is 0 Å². The van der Waals surface area contributed by atoms with E-state index >= 15 is 0 Å². The molecule has 0 radical (unpaired) electrons. The van der Waals surface area contributed by atoms with Crippen LogP contribution < -0.4 is 4.74 Å². The van der Waals surface area contributed by atoms with Crippen LogP contribution in [0.1, 0.15) is 28.8 Å². The fourth-order valence-electron chi connectivity index (χ4n) is 4.55. The summed E-state index contributed by atoms with van der Waals surface area (Å²) in [6.45, 7) is 0.461. The van der Waals surface area contributed by atoms with Crippen LogP contribution in [0.25, 0.3) is 11.1 Å². The minimum Gasteiger partial charge on any atom is -0.489 e. The van der Waals surface area contributed by atoms with Gasteiger partial charge in [-0.1, -0.05) is 24.3 Å². The molecule has 2 unspecified atom stereocenters. The van der Waals surface area contributed by atoms with E-state index in [0.29, 0.717) is 34.6 Å². The van der Waals surface area contributed by atoms with Gasteiger partial charge in [-0.2, -0.15) is 0 Å². The topological polar surface area (TPSA) is 76.1 Å². The Labute approximate surface area is 218 Å². The van der Waals surface area contributed by atoms with Crippen LogP contribution in [0, 0.1) is 11.6 Å². The van der Waals surface area contributed by atoms with Crippen LogP contribution in [0.3, 0.4) is 0 Å². The van der Waals surface area contributed by atoms with E-state index in [1.165, 1.54) is 35.9 Å². The lowest BCUT2D eigenvalue weighted by Crippen LogP contribution is -2.46. The molecule has 194 valence electrons. The lowest BCUT2D eigenvalue weighted by Gasteiger charge is -2.28. The molecule has 4 rings (SSSR count). The number of rotatable bonds is 9. The summed E-state index contributed by atoms with van der Waals surface area (Å²) in [6, 6.07) is 15.1. The van der Waals surface area contributed by atoms with Crippen molar-refractivity contribution in [3.8, 4) is 16.9 Å². The summed E-state index contributed by atoms with van der Waals surface area (Å²) in [6.07, 6.45) is 2.75. The van der Waals surface area contributed by atoms with Crippen LogP contribution in [0.4, 0.5) is 8.78 Å². The molecule has 0 bridgehead atoms. The van der Waals surface area contributed by atoms with Crippen LogP contribution in [-0.4, -0.2) is 53.9 Å². The van der Waals surface area contributed by atoms with Crippen molar-refractivity contribution in [1.29, 1.82) is 0 Å². The zero-order chi connectivity index (χ0) is 26.5. The largest absolute Gasteiger partial charge is 0.489 e. The maximum absolute atomic E-state index is 13.8. The second-order valence-corrected chi connectivity index (χ2v) is 9.58. The molecule has 3 aromatic carbocycles. The van der Waals surface area contributed by atoms with Gasteiger partial charge < -0.3 is 19.5 Å². The van der Waals surface area contributed by atoms with E-state index in [1.54, 1.807) is 48.7 Å². The first-order valence-electron chi connectivity index (χ1n) is 11.7. The Balaban J connectivity index is 1.46. The van der Waals surface area contributed by atoms with Crippen molar-refractivity contribution in [3.63, 3.8) is 0 Å². The van der Waals surface area contributed by atoms with Gasteiger partial charge in [0.25, 0.3) is 5.91 Å². The molecule has 6 nitrogen and oxygen atoms in total. The van der Waals surface area contributed by atoms with Crippen LogP contribution in [0.2, 0.25) is 0 Å². The minimum absolute atomic E-state index is 0.186. The van der Waals surface area contributed by atoms with Gasteiger partial charge in [-0.25, -0.2) is 13.6 Å². The molecular weight excluding hydrogens is 500 g/mol. The standard InChI is InChI=1S/C28H27F2NO5S/c1-35-16-20-8-11-25(28(33)34)31(20)27(32)19-5-3-4-17(12-19)15-36-21-9-6-18(7-10-21)22-13-23(29)24(30)14-26(22)37-2/h3-7,9-10,12-14,20,25H,8,11,15-16H2,1-2H3,(H,33,34). The van der Waals surface area contributed by atoms with E-state index in [-0.39, 0.29) is 25.2 Å². The lowest BCUT2D eigenvalue weighted by molar-refractivity contribution is -0.141. The first-order valence-corrected chi connectivity index (χ1v) is 12.9. The third-order valence-corrected chi connectivity index (χ3v) is 7.15. The van der Waals surface area contributed by atoms with E-state index in [9.17, 15) is 23.5 Å². The fraction of sp³-hybridized carbons (Fsp3) is 0.286. The first-order chi connectivity index (χ1) is 17.8. The zero-order valence-electron chi connectivity index (χ0n) is 20.4. The number of benzene rings is 3. The average molecular weight is 528 g/mol. The molecule has 37 heavy (non-hydrogen) atoms. The third kappa shape index (κ3) is 5.94. The summed E-state index contributed by atoms with van der Waals surface area (Å²) in [4.78, 5) is 27.0. The number of methoxy groups -OCH3 is 1. The summed E-state index contributed by atoms with van der Waals surface area (Å²) in [7, 11) is 1.53. The van der Waals surface area contributed by atoms with Gasteiger partial charge in [0.05, 0.1) is 12.6 Å². The Bertz CT molecular complexity index is 1280. The number of hydrogen-bond acceptors (Lipinski definition) is 5. The molecule has 0 aliphatic carbocycles. The van der Waals surface area contributed by atoms with Gasteiger partial charge in [0, 0.05) is 17.6 Å². The minimum atomic E-state index is -1.03. The van der Waals surface area contributed by atoms with Gasteiger partial charge in [-0.3, -0.25) is 4.79 Å². The maximum atomic E-state index is 13.8. The second-order valence-electron chi connectivity index (χ2n) is 8.73. The molecule has 1 saturated heterocycles. The number of carbonyl (C=O) groups excluding carboxylic acids is 1. The van der Waals surface area contributed by atoms with E-state index in [2.05, 4.69) is 0 Å². The molecule has 2 atom stereocenters. The second kappa shape index (κ2) is 11.7. The van der Waals surface area contributed by atoms with Gasteiger partial charge in [0.15, 0.2) is 11.6 Å². The summed E-state index contributed by atoms with van der Waals surface area (Å²) in [5.74, 6) is -2.59.